The fraction of sp³-hybridized carbons (Fsp3) is 0.263. The molecule has 1 N–H and O–H groups in total. The third-order valence-corrected chi connectivity index (χ3v) is 5.10. The van der Waals surface area contributed by atoms with Crippen molar-refractivity contribution in [3.05, 3.63) is 63.1 Å². The van der Waals surface area contributed by atoms with Crippen LogP contribution in [-0.4, -0.2) is 16.2 Å². The van der Waals surface area contributed by atoms with E-state index < -0.39 is 0 Å². The van der Waals surface area contributed by atoms with Gasteiger partial charge in [-0.05, 0) is 30.2 Å². The fourth-order valence-electron chi connectivity index (χ4n) is 3.35. The second kappa shape index (κ2) is 5.98. The molecule has 1 aromatic heterocycles. The number of allylic oxidation sites excluding steroid dienone is 3. The van der Waals surface area contributed by atoms with Gasteiger partial charge in [0.15, 0.2) is 5.16 Å². The predicted octanol–water partition coefficient (Wildman–Crippen LogP) is 3.89. The number of ether oxygens (including phenoxy) is 1. The van der Waals surface area contributed by atoms with Gasteiger partial charge in [0.1, 0.15) is 5.76 Å². The third kappa shape index (κ3) is 2.49. The lowest BCUT2D eigenvalue weighted by Crippen LogP contribution is -2.27. The molecule has 2 aliphatic rings. The summed E-state index contributed by atoms with van der Waals surface area (Å²) in [6.45, 7) is 2.11. The van der Waals surface area contributed by atoms with Crippen LogP contribution < -0.4 is 10.3 Å². The SMILES string of the molecule is CSc1nc2c(c(=O)[nH]1)CC(C)C(=C1CC=Cc3ccccc31)O2. The van der Waals surface area contributed by atoms with Crippen LogP contribution in [0.15, 0.2) is 46.1 Å². The van der Waals surface area contributed by atoms with Gasteiger partial charge in [0.05, 0.1) is 5.56 Å². The molecule has 4 rings (SSSR count). The van der Waals surface area contributed by atoms with E-state index in [4.69, 9.17) is 4.74 Å². The number of benzene rings is 1. The Labute approximate surface area is 144 Å². The molecule has 1 aromatic carbocycles. The molecule has 0 spiro atoms. The first-order valence-electron chi connectivity index (χ1n) is 8.01. The molecule has 0 saturated carbocycles. The number of nitrogens with one attached hydrogen (secondary N) is 1. The zero-order chi connectivity index (χ0) is 16.7. The average Bonchev–Trinajstić information content (AvgIpc) is 2.61. The minimum absolute atomic E-state index is 0.0933. The molecule has 5 heteroatoms. The minimum Gasteiger partial charge on any atom is -0.442 e. The van der Waals surface area contributed by atoms with Crippen LogP contribution in [0.3, 0.4) is 0 Å². The average molecular weight is 338 g/mol. The van der Waals surface area contributed by atoms with Gasteiger partial charge in [-0.25, -0.2) is 0 Å². The molecule has 2 aromatic rings. The molecule has 0 radical (unpaired) electrons. The Balaban J connectivity index is 1.85. The number of hydrogen-bond donors (Lipinski definition) is 1. The van der Waals surface area contributed by atoms with Crippen molar-refractivity contribution in [1.29, 1.82) is 0 Å². The fourth-order valence-corrected chi connectivity index (χ4v) is 3.71. The van der Waals surface area contributed by atoms with Gasteiger partial charge in [-0.15, -0.1) is 0 Å². The molecule has 1 aliphatic heterocycles. The lowest BCUT2D eigenvalue weighted by molar-refractivity contribution is 0.310. The van der Waals surface area contributed by atoms with Crippen molar-refractivity contribution in [3.63, 3.8) is 0 Å². The van der Waals surface area contributed by atoms with Crippen LogP contribution in [0.25, 0.3) is 11.6 Å². The summed E-state index contributed by atoms with van der Waals surface area (Å²) in [6.07, 6.45) is 7.68. The van der Waals surface area contributed by atoms with Crippen LogP contribution in [0, 0.1) is 5.92 Å². The Hall–Kier alpha value is -2.27. The van der Waals surface area contributed by atoms with E-state index >= 15 is 0 Å². The van der Waals surface area contributed by atoms with E-state index in [2.05, 4.69) is 47.2 Å². The van der Waals surface area contributed by atoms with Gasteiger partial charge in [-0.2, -0.15) is 4.98 Å². The molecule has 0 bridgehead atoms. The first-order valence-corrected chi connectivity index (χ1v) is 9.24. The van der Waals surface area contributed by atoms with Crippen molar-refractivity contribution in [2.45, 2.75) is 24.9 Å². The highest BCUT2D eigenvalue weighted by atomic mass is 32.2. The van der Waals surface area contributed by atoms with Gasteiger partial charge in [-0.1, -0.05) is 55.1 Å². The Kier molecular flexibility index (Phi) is 3.81. The number of thioether (sulfide) groups is 1. The van der Waals surface area contributed by atoms with Crippen LogP contribution in [0.5, 0.6) is 5.88 Å². The lowest BCUT2D eigenvalue weighted by Gasteiger charge is -2.28. The van der Waals surface area contributed by atoms with E-state index in [1.165, 1.54) is 28.5 Å². The summed E-state index contributed by atoms with van der Waals surface area (Å²) in [5.74, 6) is 1.54. The first kappa shape index (κ1) is 15.3. The van der Waals surface area contributed by atoms with Crippen LogP contribution in [0.2, 0.25) is 0 Å². The lowest BCUT2D eigenvalue weighted by atomic mass is 9.86. The predicted molar refractivity (Wildman–Crippen MR) is 97.1 cm³/mol. The van der Waals surface area contributed by atoms with E-state index in [-0.39, 0.29) is 11.5 Å². The molecule has 1 aliphatic carbocycles. The highest BCUT2D eigenvalue weighted by molar-refractivity contribution is 7.98. The molecular weight excluding hydrogens is 320 g/mol. The standard InChI is InChI=1S/C19H18N2O2S/c1-11-10-15-17(22)20-19(24-2)21-18(15)23-16(11)14-9-5-7-12-6-3-4-8-13(12)14/h3-8,11H,9-10H2,1-2H3,(H,20,21,22). The van der Waals surface area contributed by atoms with Gasteiger partial charge in [0.25, 0.3) is 5.56 Å². The van der Waals surface area contributed by atoms with Crippen molar-refractivity contribution in [2.75, 3.05) is 6.26 Å². The van der Waals surface area contributed by atoms with Gasteiger partial charge in [0.2, 0.25) is 5.88 Å². The summed E-state index contributed by atoms with van der Waals surface area (Å²) in [5, 5.41) is 0.585. The van der Waals surface area contributed by atoms with Gasteiger partial charge >= 0.3 is 0 Å². The molecule has 1 unspecified atom stereocenters. The van der Waals surface area contributed by atoms with Crippen LogP contribution in [0.4, 0.5) is 0 Å². The maximum absolute atomic E-state index is 12.3. The first-order chi connectivity index (χ1) is 11.7. The normalized spacial score (nSPS) is 21.8. The molecule has 0 amide bonds. The van der Waals surface area contributed by atoms with Gasteiger partial charge in [0, 0.05) is 11.5 Å². The molecule has 4 nitrogen and oxygen atoms in total. The maximum atomic E-state index is 12.3. The molecule has 24 heavy (non-hydrogen) atoms. The summed E-state index contributed by atoms with van der Waals surface area (Å²) in [4.78, 5) is 19.5. The third-order valence-electron chi connectivity index (χ3n) is 4.52. The van der Waals surface area contributed by atoms with Crippen molar-refractivity contribution in [3.8, 4) is 5.88 Å². The summed E-state index contributed by atoms with van der Waals surface area (Å²) >= 11 is 1.41. The number of fused-ring (bicyclic) bond motifs is 2. The van der Waals surface area contributed by atoms with Gasteiger partial charge in [-0.3, -0.25) is 4.79 Å². The largest absolute Gasteiger partial charge is 0.442 e. The molecule has 0 saturated heterocycles. The Bertz CT molecular complexity index is 927. The number of aromatic amines is 1. The highest BCUT2D eigenvalue weighted by Gasteiger charge is 2.29. The van der Waals surface area contributed by atoms with Crippen LogP contribution >= 0.6 is 11.8 Å². The quantitative estimate of drug-likeness (QED) is 0.633. The molecule has 2 heterocycles. The highest BCUT2D eigenvalue weighted by Crippen LogP contribution is 2.38. The number of aromatic nitrogens is 2. The molecule has 1 atom stereocenters. The van der Waals surface area contributed by atoms with Gasteiger partial charge < -0.3 is 9.72 Å². The topological polar surface area (TPSA) is 55.0 Å². The zero-order valence-electron chi connectivity index (χ0n) is 13.6. The number of hydrogen-bond acceptors (Lipinski definition) is 4. The van der Waals surface area contributed by atoms with Crippen molar-refractivity contribution >= 4 is 23.4 Å². The van der Waals surface area contributed by atoms with Crippen LogP contribution in [-0.2, 0) is 6.42 Å². The Morgan fingerprint density at radius 2 is 2.17 bits per heavy atom. The monoisotopic (exact) mass is 338 g/mol. The van der Waals surface area contributed by atoms with Crippen molar-refractivity contribution in [2.24, 2.45) is 5.92 Å². The smallest absolute Gasteiger partial charge is 0.258 e. The van der Waals surface area contributed by atoms with Crippen molar-refractivity contribution < 1.29 is 4.74 Å². The van der Waals surface area contributed by atoms with E-state index in [1.54, 1.807) is 0 Å². The maximum Gasteiger partial charge on any atom is 0.258 e. The minimum atomic E-state index is -0.0933. The zero-order valence-corrected chi connectivity index (χ0v) is 14.4. The Morgan fingerprint density at radius 1 is 1.33 bits per heavy atom. The van der Waals surface area contributed by atoms with Crippen LogP contribution in [0.1, 0.15) is 30.0 Å². The summed E-state index contributed by atoms with van der Waals surface area (Å²) < 4.78 is 6.17. The molecular formula is C19H18N2O2S. The number of H-pyrrole nitrogens is 1. The summed E-state index contributed by atoms with van der Waals surface area (Å²) in [6, 6.07) is 8.34. The van der Waals surface area contributed by atoms with E-state index in [1.807, 2.05) is 12.3 Å². The van der Waals surface area contributed by atoms with E-state index in [0.29, 0.717) is 23.0 Å². The number of nitrogens with zero attached hydrogens (tertiary/aromatic N) is 1. The second-order valence-electron chi connectivity index (χ2n) is 6.10. The van der Waals surface area contributed by atoms with Crippen molar-refractivity contribution in [1.82, 2.24) is 9.97 Å². The summed E-state index contributed by atoms with van der Waals surface area (Å²) in [5.41, 5.74) is 4.16. The van der Waals surface area contributed by atoms with E-state index in [9.17, 15) is 4.79 Å². The van der Waals surface area contributed by atoms with E-state index in [0.717, 1.165) is 12.2 Å². The molecule has 0 fully saturated rings. The second-order valence-corrected chi connectivity index (χ2v) is 6.90. The molecule has 122 valence electrons. The Morgan fingerprint density at radius 3 is 3.00 bits per heavy atom. The summed E-state index contributed by atoms with van der Waals surface area (Å²) in [7, 11) is 0. The number of rotatable bonds is 1.